The van der Waals surface area contributed by atoms with Gasteiger partial charge in [0, 0.05) is 48.6 Å². The fraction of sp³-hybridized carbons (Fsp3) is 0.500. The molecular formula is C26H26ClF3N6O. The molecule has 0 radical (unpaired) electrons. The van der Waals surface area contributed by atoms with Crippen molar-refractivity contribution in [2.45, 2.75) is 50.7 Å². The predicted molar refractivity (Wildman–Crippen MR) is 131 cm³/mol. The Morgan fingerprint density at radius 3 is 2.68 bits per heavy atom. The Balaban J connectivity index is 1.11. The molecule has 5 heterocycles. The summed E-state index contributed by atoms with van der Waals surface area (Å²) in [6.45, 7) is 4.41. The van der Waals surface area contributed by atoms with E-state index in [0.717, 1.165) is 68.0 Å². The van der Waals surface area contributed by atoms with Crippen molar-refractivity contribution in [3.05, 3.63) is 64.1 Å². The minimum absolute atomic E-state index is 0.0961. The summed E-state index contributed by atoms with van der Waals surface area (Å²) in [5.41, 5.74) is 1.54. The molecule has 3 aromatic rings. The van der Waals surface area contributed by atoms with Gasteiger partial charge in [0.15, 0.2) is 11.6 Å². The molecule has 194 valence electrons. The molecule has 7 rings (SSSR count). The fourth-order valence-electron chi connectivity index (χ4n) is 6.51. The van der Waals surface area contributed by atoms with E-state index in [4.69, 9.17) is 16.3 Å². The van der Waals surface area contributed by atoms with Crippen molar-refractivity contribution < 1.29 is 17.9 Å². The molecule has 1 atom stereocenters. The van der Waals surface area contributed by atoms with Crippen molar-refractivity contribution in [1.29, 1.82) is 0 Å². The third-order valence-electron chi connectivity index (χ3n) is 8.34. The van der Waals surface area contributed by atoms with Crippen LogP contribution in [-0.4, -0.2) is 57.0 Å². The summed E-state index contributed by atoms with van der Waals surface area (Å²) < 4.78 is 47.7. The Hall–Kier alpha value is -2.69. The number of fused-ring (bicyclic) bond motifs is 3. The van der Waals surface area contributed by atoms with Gasteiger partial charge >= 0.3 is 0 Å². The molecule has 37 heavy (non-hydrogen) atoms. The number of halogens is 4. The van der Waals surface area contributed by atoms with Crippen molar-refractivity contribution in [3.63, 3.8) is 0 Å². The molecule has 2 saturated heterocycles. The first-order chi connectivity index (χ1) is 17.9. The van der Waals surface area contributed by atoms with Crippen LogP contribution in [0.15, 0.2) is 30.3 Å². The van der Waals surface area contributed by atoms with Crippen molar-refractivity contribution in [2.75, 3.05) is 31.2 Å². The molecule has 3 fully saturated rings. The van der Waals surface area contributed by atoms with Crippen LogP contribution < -0.4 is 4.90 Å². The molecule has 1 spiro atoms. The number of rotatable bonds is 4. The van der Waals surface area contributed by atoms with E-state index in [1.165, 1.54) is 6.07 Å². The van der Waals surface area contributed by atoms with Crippen LogP contribution in [0, 0.1) is 11.2 Å². The Labute approximate surface area is 217 Å². The second-order valence-corrected chi connectivity index (χ2v) is 11.2. The number of alkyl halides is 2. The first-order valence-corrected chi connectivity index (χ1v) is 13.0. The van der Waals surface area contributed by atoms with Gasteiger partial charge in [-0.25, -0.2) is 18.2 Å². The molecule has 0 N–H and O–H groups in total. The summed E-state index contributed by atoms with van der Waals surface area (Å²) in [4.78, 5) is 8.24. The summed E-state index contributed by atoms with van der Waals surface area (Å²) in [5, 5.41) is 9.99. The van der Waals surface area contributed by atoms with E-state index in [1.807, 2.05) is 17.0 Å². The van der Waals surface area contributed by atoms with Crippen LogP contribution in [0.5, 0.6) is 0 Å². The van der Waals surface area contributed by atoms with Crippen LogP contribution in [0.25, 0.3) is 5.69 Å². The van der Waals surface area contributed by atoms with Gasteiger partial charge in [-0.05, 0) is 55.2 Å². The van der Waals surface area contributed by atoms with E-state index >= 15 is 0 Å². The highest BCUT2D eigenvalue weighted by Gasteiger charge is 2.54. The van der Waals surface area contributed by atoms with Crippen LogP contribution >= 0.6 is 11.6 Å². The molecule has 0 amide bonds. The third kappa shape index (κ3) is 3.92. The van der Waals surface area contributed by atoms with Crippen molar-refractivity contribution >= 4 is 17.4 Å². The predicted octanol–water partition coefficient (Wildman–Crippen LogP) is 4.88. The average Bonchev–Trinajstić information content (AvgIpc) is 3.46. The number of nitrogens with zero attached hydrogens (tertiary/aromatic N) is 6. The van der Waals surface area contributed by atoms with Gasteiger partial charge in [-0.15, -0.1) is 10.2 Å². The normalized spacial score (nSPS) is 23.1. The average molecular weight is 531 g/mol. The topological polar surface area (TPSA) is 59.3 Å². The second-order valence-electron chi connectivity index (χ2n) is 10.8. The third-order valence-corrected chi connectivity index (χ3v) is 8.58. The molecule has 3 aliphatic heterocycles. The van der Waals surface area contributed by atoms with Gasteiger partial charge in [-0.3, -0.25) is 9.47 Å². The minimum Gasteiger partial charge on any atom is -0.380 e. The van der Waals surface area contributed by atoms with Crippen molar-refractivity contribution in [3.8, 4) is 5.69 Å². The highest BCUT2D eigenvalue weighted by Crippen LogP contribution is 2.56. The van der Waals surface area contributed by atoms with Crippen LogP contribution in [0.1, 0.15) is 54.5 Å². The SMILES string of the molecule is Fc1ccc(N2CC3(CC(c4nnc5n4-c4ccc(Cl)cc4CN([C@H]4CCOC4)C5)C3)C2)nc1C(F)F. The van der Waals surface area contributed by atoms with Gasteiger partial charge in [0.1, 0.15) is 17.3 Å². The Kier molecular flexibility index (Phi) is 5.49. The summed E-state index contributed by atoms with van der Waals surface area (Å²) in [6.07, 6.45) is -0.0528. The van der Waals surface area contributed by atoms with Gasteiger partial charge in [0.25, 0.3) is 6.43 Å². The zero-order chi connectivity index (χ0) is 25.3. The minimum atomic E-state index is -2.93. The number of anilines is 1. The molecule has 4 aliphatic rings. The lowest BCUT2D eigenvalue weighted by atomic mass is 9.57. The fourth-order valence-corrected chi connectivity index (χ4v) is 6.71. The van der Waals surface area contributed by atoms with Gasteiger partial charge in [-0.2, -0.15) is 0 Å². The first-order valence-electron chi connectivity index (χ1n) is 12.6. The lowest BCUT2D eigenvalue weighted by Crippen LogP contribution is -2.62. The first kappa shape index (κ1) is 23.4. The number of pyridine rings is 1. The van der Waals surface area contributed by atoms with Crippen LogP contribution in [0.3, 0.4) is 0 Å². The summed E-state index contributed by atoms with van der Waals surface area (Å²) in [6, 6.07) is 8.91. The van der Waals surface area contributed by atoms with Gasteiger partial charge in [0.2, 0.25) is 0 Å². The Morgan fingerprint density at radius 1 is 1.08 bits per heavy atom. The van der Waals surface area contributed by atoms with E-state index in [-0.39, 0.29) is 11.3 Å². The Bertz CT molecular complexity index is 1350. The molecule has 0 unspecified atom stereocenters. The highest BCUT2D eigenvalue weighted by atomic mass is 35.5. The summed E-state index contributed by atoms with van der Waals surface area (Å²) >= 11 is 6.39. The molecular weight excluding hydrogens is 505 g/mol. The molecule has 11 heteroatoms. The summed E-state index contributed by atoms with van der Waals surface area (Å²) in [7, 11) is 0. The monoisotopic (exact) mass is 530 g/mol. The van der Waals surface area contributed by atoms with E-state index < -0.39 is 17.9 Å². The van der Waals surface area contributed by atoms with E-state index in [9.17, 15) is 13.2 Å². The van der Waals surface area contributed by atoms with E-state index in [0.29, 0.717) is 36.5 Å². The van der Waals surface area contributed by atoms with E-state index in [2.05, 4.69) is 30.7 Å². The molecule has 1 aliphatic carbocycles. The maximum Gasteiger partial charge on any atom is 0.283 e. The number of aromatic nitrogens is 4. The van der Waals surface area contributed by atoms with Gasteiger partial charge in [0.05, 0.1) is 18.8 Å². The lowest BCUT2D eigenvalue weighted by Gasteiger charge is -2.59. The largest absolute Gasteiger partial charge is 0.380 e. The zero-order valence-electron chi connectivity index (χ0n) is 20.1. The standard InChI is InChI=1S/C26H26ClF3N6O/c27-17-1-3-20-15(7-17)10-34(18-5-6-37-12-18)11-22-32-33-25(36(20)22)16-8-26(9-16)13-35(14-26)21-4-2-19(28)23(31-21)24(29)30/h1-4,7,16,18,24H,5-6,8-14H2/t18-/m0/s1. The van der Waals surface area contributed by atoms with E-state index in [1.54, 1.807) is 0 Å². The molecule has 1 aromatic carbocycles. The zero-order valence-corrected chi connectivity index (χ0v) is 20.8. The molecule has 0 bridgehead atoms. The Morgan fingerprint density at radius 2 is 1.92 bits per heavy atom. The quantitative estimate of drug-likeness (QED) is 0.479. The maximum absolute atomic E-state index is 13.7. The molecule has 1 saturated carbocycles. The number of hydrogen-bond acceptors (Lipinski definition) is 6. The molecule has 7 nitrogen and oxygen atoms in total. The van der Waals surface area contributed by atoms with Crippen LogP contribution in [0.2, 0.25) is 5.02 Å². The highest BCUT2D eigenvalue weighted by molar-refractivity contribution is 6.30. The van der Waals surface area contributed by atoms with Crippen molar-refractivity contribution in [1.82, 2.24) is 24.6 Å². The van der Waals surface area contributed by atoms with Crippen LogP contribution in [0.4, 0.5) is 19.0 Å². The number of ether oxygens (including phenoxy) is 1. The lowest BCUT2D eigenvalue weighted by molar-refractivity contribution is 0.0579. The summed E-state index contributed by atoms with van der Waals surface area (Å²) in [5.74, 6) is 1.59. The smallest absolute Gasteiger partial charge is 0.283 e. The number of hydrogen-bond donors (Lipinski definition) is 0. The van der Waals surface area contributed by atoms with Gasteiger partial charge < -0.3 is 9.64 Å². The van der Waals surface area contributed by atoms with Crippen LogP contribution in [-0.2, 0) is 17.8 Å². The maximum atomic E-state index is 13.7. The number of benzene rings is 1. The molecule has 2 aromatic heterocycles. The second kappa shape index (κ2) is 8.68. The van der Waals surface area contributed by atoms with Gasteiger partial charge in [-0.1, -0.05) is 11.6 Å². The van der Waals surface area contributed by atoms with Crippen molar-refractivity contribution in [2.24, 2.45) is 5.41 Å².